The van der Waals surface area contributed by atoms with Crippen LogP contribution in [-0.4, -0.2) is 51.4 Å². The molecule has 0 bridgehead atoms. The van der Waals surface area contributed by atoms with Crippen LogP contribution >= 0.6 is 0 Å². The van der Waals surface area contributed by atoms with Gasteiger partial charge in [0, 0.05) is 37.6 Å². The molecule has 0 atom stereocenters. The molecule has 1 aliphatic rings. The van der Waals surface area contributed by atoms with E-state index in [1.165, 1.54) is 29.8 Å². The van der Waals surface area contributed by atoms with E-state index < -0.39 is 16.0 Å². The molecule has 0 unspecified atom stereocenters. The van der Waals surface area contributed by atoms with Crippen molar-refractivity contribution in [1.82, 2.24) is 0 Å². The molecule has 1 fully saturated rings. The Morgan fingerprint density at radius 2 is 1.72 bits per heavy atom. The van der Waals surface area contributed by atoms with Crippen LogP contribution in [0.15, 0.2) is 36.4 Å². The number of piperazine rings is 1. The fourth-order valence-corrected chi connectivity index (χ4v) is 4.18. The van der Waals surface area contributed by atoms with Gasteiger partial charge in [-0.25, -0.2) is 13.2 Å². The third-order valence-electron chi connectivity index (χ3n) is 5.44. The van der Waals surface area contributed by atoms with Gasteiger partial charge in [-0.2, -0.15) is 0 Å². The lowest BCUT2D eigenvalue weighted by atomic mass is 10.1. The van der Waals surface area contributed by atoms with E-state index >= 15 is 0 Å². The molecule has 1 heterocycles. The van der Waals surface area contributed by atoms with Gasteiger partial charge in [0.25, 0.3) is 0 Å². The molecule has 0 amide bonds. The second-order valence-electron chi connectivity index (χ2n) is 7.23. The van der Waals surface area contributed by atoms with Crippen LogP contribution in [0.5, 0.6) is 0 Å². The highest BCUT2D eigenvalue weighted by Gasteiger charge is 2.22. The fourth-order valence-electron chi connectivity index (χ4n) is 3.52. The SMILES string of the molecule is CCS(=O)(=O)Nc1ccc(N2CCN(c3cccc(C)c3C)CC2)cc1C(=O)O. The summed E-state index contributed by atoms with van der Waals surface area (Å²) in [4.78, 5) is 16.2. The number of aryl methyl sites for hydroxylation is 1. The Labute approximate surface area is 172 Å². The normalized spacial score (nSPS) is 14.7. The number of benzene rings is 2. The lowest BCUT2D eigenvalue weighted by molar-refractivity contribution is 0.0698. The zero-order valence-electron chi connectivity index (χ0n) is 17.0. The molecule has 156 valence electrons. The Bertz CT molecular complexity index is 1010. The maximum Gasteiger partial charge on any atom is 0.337 e. The van der Waals surface area contributed by atoms with Crippen molar-refractivity contribution >= 4 is 33.1 Å². The molecule has 1 saturated heterocycles. The van der Waals surface area contributed by atoms with Crippen LogP contribution < -0.4 is 14.5 Å². The number of sulfonamides is 1. The van der Waals surface area contributed by atoms with Crippen molar-refractivity contribution in [2.45, 2.75) is 20.8 Å². The highest BCUT2D eigenvalue weighted by atomic mass is 32.2. The Morgan fingerprint density at radius 3 is 2.34 bits per heavy atom. The highest BCUT2D eigenvalue weighted by Crippen LogP contribution is 2.28. The number of carboxylic acid groups (broad SMARTS) is 1. The minimum absolute atomic E-state index is 0.0449. The number of hydrogen-bond acceptors (Lipinski definition) is 5. The molecule has 2 aromatic rings. The monoisotopic (exact) mass is 417 g/mol. The second-order valence-corrected chi connectivity index (χ2v) is 9.24. The molecule has 1 aliphatic heterocycles. The van der Waals surface area contributed by atoms with Gasteiger partial charge in [0.2, 0.25) is 10.0 Å². The molecule has 2 aromatic carbocycles. The van der Waals surface area contributed by atoms with E-state index in [9.17, 15) is 18.3 Å². The summed E-state index contributed by atoms with van der Waals surface area (Å²) >= 11 is 0. The summed E-state index contributed by atoms with van der Waals surface area (Å²) in [7, 11) is -3.55. The van der Waals surface area contributed by atoms with E-state index in [2.05, 4.69) is 46.6 Å². The van der Waals surface area contributed by atoms with Gasteiger partial charge in [-0.3, -0.25) is 4.72 Å². The molecule has 0 aromatic heterocycles. The van der Waals surface area contributed by atoms with Crippen molar-refractivity contribution in [3.05, 3.63) is 53.1 Å². The molecule has 0 spiro atoms. The van der Waals surface area contributed by atoms with Crippen molar-refractivity contribution < 1.29 is 18.3 Å². The predicted octanol–water partition coefficient (Wildman–Crippen LogP) is 3.09. The maximum absolute atomic E-state index is 11.8. The maximum atomic E-state index is 11.8. The van der Waals surface area contributed by atoms with Crippen molar-refractivity contribution in [3.63, 3.8) is 0 Å². The lowest BCUT2D eigenvalue weighted by Crippen LogP contribution is -2.46. The summed E-state index contributed by atoms with van der Waals surface area (Å²) in [5.74, 6) is -1.27. The molecule has 0 saturated carbocycles. The van der Waals surface area contributed by atoms with Crippen molar-refractivity contribution in [3.8, 4) is 0 Å². The minimum Gasteiger partial charge on any atom is -0.478 e. The van der Waals surface area contributed by atoms with Gasteiger partial charge < -0.3 is 14.9 Å². The zero-order chi connectivity index (χ0) is 21.2. The summed E-state index contributed by atoms with van der Waals surface area (Å²) < 4.78 is 26.0. The molecular formula is C21H27N3O4S. The van der Waals surface area contributed by atoms with E-state index in [1.807, 2.05) is 0 Å². The Kier molecular flexibility index (Phi) is 6.02. The van der Waals surface area contributed by atoms with Crippen molar-refractivity contribution in [2.24, 2.45) is 0 Å². The van der Waals surface area contributed by atoms with E-state index in [0.29, 0.717) is 0 Å². The molecule has 8 heteroatoms. The third kappa shape index (κ3) is 4.64. The van der Waals surface area contributed by atoms with Gasteiger partial charge in [0.05, 0.1) is 17.0 Å². The van der Waals surface area contributed by atoms with Crippen molar-refractivity contribution in [2.75, 3.05) is 46.5 Å². The van der Waals surface area contributed by atoms with Gasteiger partial charge in [-0.15, -0.1) is 0 Å². The molecule has 7 nitrogen and oxygen atoms in total. The van der Waals surface area contributed by atoms with E-state index in [-0.39, 0.29) is 17.0 Å². The summed E-state index contributed by atoms with van der Waals surface area (Å²) in [5, 5.41) is 9.54. The second kappa shape index (κ2) is 8.32. The third-order valence-corrected chi connectivity index (χ3v) is 6.73. The number of anilines is 3. The molecule has 2 N–H and O–H groups in total. The molecular weight excluding hydrogens is 390 g/mol. The highest BCUT2D eigenvalue weighted by molar-refractivity contribution is 7.92. The summed E-state index contributed by atoms with van der Waals surface area (Å²) in [6.07, 6.45) is 0. The van der Waals surface area contributed by atoms with Crippen LogP contribution in [0.25, 0.3) is 0 Å². The first-order valence-electron chi connectivity index (χ1n) is 9.66. The van der Waals surface area contributed by atoms with Crippen LogP contribution in [-0.2, 0) is 10.0 Å². The Morgan fingerprint density at radius 1 is 1.07 bits per heavy atom. The molecule has 0 radical (unpaired) electrons. The summed E-state index contributed by atoms with van der Waals surface area (Å²) in [5.41, 5.74) is 4.61. The first-order valence-corrected chi connectivity index (χ1v) is 11.3. The van der Waals surface area contributed by atoms with E-state index in [4.69, 9.17) is 0 Å². The van der Waals surface area contributed by atoms with Crippen molar-refractivity contribution in [1.29, 1.82) is 0 Å². The van der Waals surface area contributed by atoms with E-state index in [0.717, 1.165) is 31.9 Å². The number of hydrogen-bond donors (Lipinski definition) is 2. The number of nitrogens with zero attached hydrogens (tertiary/aromatic N) is 2. The zero-order valence-corrected chi connectivity index (χ0v) is 17.8. The van der Waals surface area contributed by atoms with Crippen LogP contribution in [0, 0.1) is 13.8 Å². The number of nitrogens with one attached hydrogen (secondary N) is 1. The number of carboxylic acids is 1. The average molecular weight is 418 g/mol. The summed E-state index contributed by atoms with van der Waals surface area (Å²) in [6, 6.07) is 11.2. The fraction of sp³-hybridized carbons (Fsp3) is 0.381. The number of carbonyl (C=O) groups is 1. The van der Waals surface area contributed by atoms with Crippen LogP contribution in [0.3, 0.4) is 0 Å². The van der Waals surface area contributed by atoms with Gasteiger partial charge in [0.15, 0.2) is 0 Å². The van der Waals surface area contributed by atoms with Gasteiger partial charge in [-0.05, 0) is 56.2 Å². The van der Waals surface area contributed by atoms with Gasteiger partial charge in [0.1, 0.15) is 0 Å². The first-order chi connectivity index (χ1) is 13.7. The molecule has 0 aliphatic carbocycles. The van der Waals surface area contributed by atoms with Gasteiger partial charge in [-0.1, -0.05) is 12.1 Å². The van der Waals surface area contributed by atoms with Crippen LogP contribution in [0.2, 0.25) is 0 Å². The Balaban J connectivity index is 1.77. The largest absolute Gasteiger partial charge is 0.478 e. The lowest BCUT2D eigenvalue weighted by Gasteiger charge is -2.38. The standard InChI is InChI=1S/C21H27N3O4S/c1-4-29(27,28)22-19-9-8-17(14-18(19)21(25)26)23-10-12-24(13-11-23)20-7-5-6-15(2)16(20)3/h5-9,14,22H,4,10-13H2,1-3H3,(H,25,26). The van der Waals surface area contributed by atoms with E-state index in [1.54, 1.807) is 12.1 Å². The average Bonchev–Trinajstić information content (AvgIpc) is 2.70. The smallest absolute Gasteiger partial charge is 0.337 e. The molecule has 29 heavy (non-hydrogen) atoms. The Hall–Kier alpha value is -2.74. The van der Waals surface area contributed by atoms with Crippen LogP contribution in [0.4, 0.5) is 17.1 Å². The quantitative estimate of drug-likeness (QED) is 0.751. The predicted molar refractivity (Wildman–Crippen MR) is 117 cm³/mol. The number of aromatic carboxylic acids is 1. The number of rotatable bonds is 6. The first kappa shape index (κ1) is 21.0. The topological polar surface area (TPSA) is 90.0 Å². The summed E-state index contributed by atoms with van der Waals surface area (Å²) in [6.45, 7) is 8.92. The molecule has 3 rings (SSSR count). The van der Waals surface area contributed by atoms with Gasteiger partial charge >= 0.3 is 5.97 Å². The minimum atomic E-state index is -3.55. The van der Waals surface area contributed by atoms with Crippen LogP contribution in [0.1, 0.15) is 28.4 Å².